The number of Topliss-reactive ketones (excluding diaryl/α,β-unsaturated/α-hetero) is 1. The average molecular weight is 567 g/mol. The number of aromatic nitrogens is 1. The molecule has 1 amide bonds. The van der Waals surface area contributed by atoms with Crippen molar-refractivity contribution < 1.29 is 38.4 Å². The third-order valence-electron chi connectivity index (χ3n) is 6.22. The number of carbonyl (C=O) groups excluding carboxylic acids is 3. The zero-order chi connectivity index (χ0) is 29.0. The lowest BCUT2D eigenvalue weighted by Crippen LogP contribution is -2.29. The van der Waals surface area contributed by atoms with E-state index in [1.165, 1.54) is 19.1 Å². The minimum atomic E-state index is -1.07. The Kier molecular flexibility index (Phi) is 8.73. The third kappa shape index (κ3) is 5.37. The number of anilines is 1. The Hall–Kier alpha value is -4.38. The van der Waals surface area contributed by atoms with Crippen molar-refractivity contribution in [1.82, 2.24) is 4.98 Å². The first kappa shape index (κ1) is 28.6. The molecule has 40 heavy (non-hydrogen) atoms. The van der Waals surface area contributed by atoms with Crippen LogP contribution in [0.3, 0.4) is 0 Å². The second-order valence-corrected chi connectivity index (χ2v) is 9.77. The van der Waals surface area contributed by atoms with Gasteiger partial charge in [0, 0.05) is 5.56 Å². The summed E-state index contributed by atoms with van der Waals surface area (Å²) in [7, 11) is 2.96. The van der Waals surface area contributed by atoms with Crippen LogP contribution in [-0.4, -0.2) is 55.2 Å². The van der Waals surface area contributed by atoms with Crippen molar-refractivity contribution >= 4 is 39.9 Å². The van der Waals surface area contributed by atoms with E-state index in [0.29, 0.717) is 40.7 Å². The Bertz CT molecular complexity index is 1460. The van der Waals surface area contributed by atoms with E-state index in [1.54, 1.807) is 56.3 Å². The maximum absolute atomic E-state index is 13.5. The standard InChI is InChI=1S/C29H30N2O8S/c1-6-14-39-19-11-8-17(9-12-19)24(32)22-23(18-10-13-20(36-4)21(15-18)37-5)31(27(34)25(22)33)29-30-16(3)26(40-29)28(35)38-7-2/h8-13,15,23,32H,6-7,14H2,1-5H3/b24-22+. The normalized spacial score (nSPS) is 16.2. The van der Waals surface area contributed by atoms with Crippen LogP contribution in [0.1, 0.15) is 52.8 Å². The molecule has 0 saturated carbocycles. The topological polar surface area (TPSA) is 124 Å². The minimum absolute atomic E-state index is 0.116. The highest BCUT2D eigenvalue weighted by atomic mass is 32.1. The number of methoxy groups -OCH3 is 2. The highest BCUT2D eigenvalue weighted by molar-refractivity contribution is 7.17. The number of hydrogen-bond acceptors (Lipinski definition) is 10. The van der Waals surface area contributed by atoms with Crippen LogP contribution < -0.4 is 19.1 Å². The number of hydrogen-bond donors (Lipinski definition) is 1. The van der Waals surface area contributed by atoms with E-state index in [2.05, 4.69) is 4.98 Å². The maximum Gasteiger partial charge on any atom is 0.350 e. The summed E-state index contributed by atoms with van der Waals surface area (Å²) in [5.74, 6) is -1.30. The van der Waals surface area contributed by atoms with Crippen LogP contribution in [0.5, 0.6) is 17.2 Å². The van der Waals surface area contributed by atoms with Crippen LogP contribution in [0, 0.1) is 6.92 Å². The number of nitrogens with zero attached hydrogens (tertiary/aromatic N) is 2. The number of esters is 1. The highest BCUT2D eigenvalue weighted by Gasteiger charge is 2.48. The van der Waals surface area contributed by atoms with Gasteiger partial charge in [-0.15, -0.1) is 0 Å². The number of ether oxygens (including phenoxy) is 4. The predicted molar refractivity (Wildman–Crippen MR) is 149 cm³/mol. The van der Waals surface area contributed by atoms with E-state index in [1.807, 2.05) is 6.92 Å². The Morgan fingerprint density at radius 3 is 2.38 bits per heavy atom. The van der Waals surface area contributed by atoms with E-state index in [4.69, 9.17) is 18.9 Å². The SMILES string of the molecule is CCCOc1ccc(/C(O)=C2\C(=O)C(=O)N(c3nc(C)c(C(=O)OCC)s3)C2c2ccc(OC)c(OC)c2)cc1. The molecule has 1 saturated heterocycles. The zero-order valence-electron chi connectivity index (χ0n) is 22.8. The third-order valence-corrected chi connectivity index (χ3v) is 7.36. The second-order valence-electron chi connectivity index (χ2n) is 8.79. The molecule has 1 N–H and O–H groups in total. The summed E-state index contributed by atoms with van der Waals surface area (Å²) in [6, 6.07) is 10.5. The Labute approximate surface area is 235 Å². The van der Waals surface area contributed by atoms with Gasteiger partial charge in [0.1, 0.15) is 16.4 Å². The number of aliphatic hydroxyl groups is 1. The van der Waals surface area contributed by atoms with Gasteiger partial charge in [-0.25, -0.2) is 9.78 Å². The van der Waals surface area contributed by atoms with Crippen molar-refractivity contribution in [1.29, 1.82) is 0 Å². The van der Waals surface area contributed by atoms with Crippen LogP contribution in [0.2, 0.25) is 0 Å². The second kappa shape index (κ2) is 12.2. The number of aliphatic hydroxyl groups excluding tert-OH is 1. The van der Waals surface area contributed by atoms with Gasteiger partial charge in [-0.3, -0.25) is 14.5 Å². The van der Waals surface area contributed by atoms with E-state index >= 15 is 0 Å². The quantitative estimate of drug-likeness (QED) is 0.155. The number of ketones is 1. The first-order valence-corrected chi connectivity index (χ1v) is 13.5. The molecule has 0 radical (unpaired) electrons. The predicted octanol–water partition coefficient (Wildman–Crippen LogP) is 5.06. The first-order chi connectivity index (χ1) is 19.2. The van der Waals surface area contributed by atoms with E-state index in [9.17, 15) is 19.5 Å². The number of carbonyl (C=O) groups is 3. The van der Waals surface area contributed by atoms with E-state index in [0.717, 1.165) is 17.8 Å². The number of aryl methyl sites for hydroxylation is 1. The Morgan fingerprint density at radius 2 is 1.75 bits per heavy atom. The fourth-order valence-electron chi connectivity index (χ4n) is 4.32. The largest absolute Gasteiger partial charge is 0.507 e. The molecule has 2 heterocycles. The summed E-state index contributed by atoms with van der Waals surface area (Å²) in [5, 5.41) is 11.5. The summed E-state index contributed by atoms with van der Waals surface area (Å²) < 4.78 is 21.6. The summed E-state index contributed by atoms with van der Waals surface area (Å²) in [6.07, 6.45) is 0.838. The van der Waals surface area contributed by atoms with Gasteiger partial charge >= 0.3 is 11.9 Å². The molecule has 0 spiro atoms. The van der Waals surface area contributed by atoms with Crippen molar-refractivity contribution in [2.45, 2.75) is 33.2 Å². The van der Waals surface area contributed by atoms with Crippen LogP contribution in [0.15, 0.2) is 48.0 Å². The van der Waals surface area contributed by atoms with Gasteiger partial charge in [0.2, 0.25) is 0 Å². The van der Waals surface area contributed by atoms with Crippen molar-refractivity contribution in [2.24, 2.45) is 0 Å². The lowest BCUT2D eigenvalue weighted by Gasteiger charge is -2.23. The number of benzene rings is 2. The Morgan fingerprint density at radius 1 is 1.05 bits per heavy atom. The van der Waals surface area contributed by atoms with E-state index < -0.39 is 23.7 Å². The molecule has 1 fully saturated rings. The molecule has 1 atom stereocenters. The van der Waals surface area contributed by atoms with Crippen LogP contribution in [-0.2, 0) is 14.3 Å². The Balaban J connectivity index is 1.89. The summed E-state index contributed by atoms with van der Waals surface area (Å²) in [4.78, 5) is 45.3. The molecule has 210 valence electrons. The highest BCUT2D eigenvalue weighted by Crippen LogP contribution is 2.45. The molecule has 3 aromatic rings. The first-order valence-electron chi connectivity index (χ1n) is 12.7. The van der Waals surface area contributed by atoms with Crippen molar-refractivity contribution in [3.63, 3.8) is 0 Å². The fraction of sp³-hybridized carbons (Fsp3) is 0.310. The molecular formula is C29H30N2O8S. The molecule has 4 rings (SSSR count). The van der Waals surface area contributed by atoms with Gasteiger partial charge in [-0.2, -0.15) is 0 Å². The van der Waals surface area contributed by atoms with Crippen molar-refractivity contribution in [3.05, 3.63) is 69.7 Å². The zero-order valence-corrected chi connectivity index (χ0v) is 23.7. The van der Waals surface area contributed by atoms with Gasteiger partial charge in [0.25, 0.3) is 5.78 Å². The molecule has 0 aliphatic carbocycles. The number of thiazole rings is 1. The van der Waals surface area contributed by atoms with Crippen molar-refractivity contribution in [2.75, 3.05) is 32.3 Å². The van der Waals surface area contributed by atoms with Gasteiger partial charge in [0.05, 0.1) is 44.7 Å². The fourth-order valence-corrected chi connectivity index (χ4v) is 5.31. The summed E-state index contributed by atoms with van der Waals surface area (Å²) in [6.45, 7) is 6.01. The lowest BCUT2D eigenvalue weighted by atomic mass is 9.95. The van der Waals surface area contributed by atoms with Gasteiger partial charge in [0.15, 0.2) is 16.6 Å². The number of amides is 1. The molecular weight excluding hydrogens is 536 g/mol. The molecule has 1 unspecified atom stereocenters. The maximum atomic E-state index is 13.5. The molecule has 1 aromatic heterocycles. The molecule has 1 aliphatic heterocycles. The number of rotatable bonds is 10. The summed E-state index contributed by atoms with van der Waals surface area (Å²) >= 11 is 0.936. The molecule has 10 nitrogen and oxygen atoms in total. The monoisotopic (exact) mass is 566 g/mol. The molecule has 2 aromatic carbocycles. The van der Waals surface area contributed by atoms with Crippen molar-refractivity contribution in [3.8, 4) is 17.2 Å². The van der Waals surface area contributed by atoms with E-state index in [-0.39, 0.29) is 27.9 Å². The molecule has 11 heteroatoms. The smallest absolute Gasteiger partial charge is 0.350 e. The summed E-state index contributed by atoms with van der Waals surface area (Å²) in [5.41, 5.74) is 1.01. The van der Waals surface area contributed by atoms with Crippen LogP contribution in [0.25, 0.3) is 5.76 Å². The van der Waals surface area contributed by atoms with Gasteiger partial charge < -0.3 is 24.1 Å². The molecule has 0 bridgehead atoms. The molecule has 1 aliphatic rings. The average Bonchev–Trinajstić information content (AvgIpc) is 3.47. The lowest BCUT2D eigenvalue weighted by molar-refractivity contribution is -0.132. The van der Waals surface area contributed by atoms with Crippen LogP contribution in [0.4, 0.5) is 5.13 Å². The van der Waals surface area contributed by atoms with Gasteiger partial charge in [-0.1, -0.05) is 24.3 Å². The van der Waals surface area contributed by atoms with Crippen LogP contribution >= 0.6 is 11.3 Å². The minimum Gasteiger partial charge on any atom is -0.507 e. The van der Waals surface area contributed by atoms with Gasteiger partial charge in [-0.05, 0) is 62.2 Å².